The predicted octanol–water partition coefficient (Wildman–Crippen LogP) is 3.63. The molecule has 2 aromatic rings. The Morgan fingerprint density at radius 3 is 2.27 bits per heavy atom. The Morgan fingerprint density at radius 1 is 0.955 bits per heavy atom. The van der Waals surface area contributed by atoms with Crippen molar-refractivity contribution in [3.05, 3.63) is 59.7 Å². The zero-order chi connectivity index (χ0) is 15.9. The van der Waals surface area contributed by atoms with E-state index in [0.29, 0.717) is 17.2 Å². The number of hydrogen-bond acceptors (Lipinski definition) is 4. The summed E-state index contributed by atoms with van der Waals surface area (Å²) in [5.74, 6) is 1.40. The van der Waals surface area contributed by atoms with Crippen LogP contribution in [0.25, 0.3) is 6.08 Å². The van der Waals surface area contributed by atoms with Crippen molar-refractivity contribution in [2.75, 3.05) is 14.2 Å². The molecule has 4 nitrogen and oxygen atoms in total. The molecule has 114 valence electrons. The van der Waals surface area contributed by atoms with Gasteiger partial charge in [0.1, 0.15) is 17.2 Å². The van der Waals surface area contributed by atoms with E-state index in [2.05, 4.69) is 0 Å². The van der Waals surface area contributed by atoms with Gasteiger partial charge in [0.15, 0.2) is 0 Å². The molecule has 0 bridgehead atoms. The SMILES string of the molecule is COc1ccc(OC)c(/C=C/C(=O)Oc2ccc(C)cc2)c1. The fourth-order valence-corrected chi connectivity index (χ4v) is 1.88. The van der Waals surface area contributed by atoms with Crippen LogP contribution in [0.2, 0.25) is 0 Å². The first-order chi connectivity index (χ1) is 10.6. The Kier molecular flexibility index (Phi) is 5.20. The van der Waals surface area contributed by atoms with Crippen LogP contribution >= 0.6 is 0 Å². The smallest absolute Gasteiger partial charge is 0.336 e. The maximum Gasteiger partial charge on any atom is 0.336 e. The molecule has 0 aliphatic rings. The summed E-state index contributed by atoms with van der Waals surface area (Å²) in [6, 6.07) is 12.6. The first kappa shape index (κ1) is 15.6. The van der Waals surface area contributed by atoms with Gasteiger partial charge in [-0.05, 0) is 43.3 Å². The number of ether oxygens (including phenoxy) is 3. The predicted molar refractivity (Wildman–Crippen MR) is 85.4 cm³/mol. The average Bonchev–Trinajstić information content (AvgIpc) is 2.54. The van der Waals surface area contributed by atoms with Gasteiger partial charge in [-0.25, -0.2) is 4.79 Å². The molecule has 4 heteroatoms. The monoisotopic (exact) mass is 298 g/mol. The van der Waals surface area contributed by atoms with Gasteiger partial charge in [-0.15, -0.1) is 0 Å². The van der Waals surface area contributed by atoms with E-state index in [0.717, 1.165) is 11.1 Å². The lowest BCUT2D eigenvalue weighted by Crippen LogP contribution is -2.03. The van der Waals surface area contributed by atoms with Crippen LogP contribution in [0.5, 0.6) is 17.2 Å². The van der Waals surface area contributed by atoms with Gasteiger partial charge in [-0.1, -0.05) is 17.7 Å². The van der Waals surface area contributed by atoms with Gasteiger partial charge < -0.3 is 14.2 Å². The molecule has 0 atom stereocenters. The average molecular weight is 298 g/mol. The standard InChI is InChI=1S/C18H18O4/c1-13-4-7-15(8-5-13)22-18(19)11-6-14-12-16(20-2)9-10-17(14)21-3/h4-12H,1-3H3/b11-6+. The molecule has 2 aromatic carbocycles. The van der Waals surface area contributed by atoms with Gasteiger partial charge in [0.25, 0.3) is 0 Å². The van der Waals surface area contributed by atoms with Crippen molar-refractivity contribution in [1.82, 2.24) is 0 Å². The molecule has 0 N–H and O–H groups in total. The van der Waals surface area contributed by atoms with E-state index in [4.69, 9.17) is 14.2 Å². The van der Waals surface area contributed by atoms with E-state index in [1.165, 1.54) is 6.08 Å². The number of rotatable bonds is 5. The van der Waals surface area contributed by atoms with Gasteiger partial charge in [0, 0.05) is 11.6 Å². The lowest BCUT2D eigenvalue weighted by Gasteiger charge is -2.07. The molecule has 0 amide bonds. The number of aryl methyl sites for hydroxylation is 1. The highest BCUT2D eigenvalue weighted by Crippen LogP contribution is 2.25. The van der Waals surface area contributed by atoms with Crippen LogP contribution in [0, 0.1) is 6.92 Å². The van der Waals surface area contributed by atoms with E-state index < -0.39 is 5.97 Å². The highest BCUT2D eigenvalue weighted by atomic mass is 16.5. The Morgan fingerprint density at radius 2 is 1.64 bits per heavy atom. The third kappa shape index (κ3) is 4.12. The molecule has 22 heavy (non-hydrogen) atoms. The molecule has 0 aromatic heterocycles. The third-order valence-electron chi connectivity index (χ3n) is 3.08. The van der Waals surface area contributed by atoms with Crippen LogP contribution in [-0.2, 0) is 4.79 Å². The highest BCUT2D eigenvalue weighted by Gasteiger charge is 2.04. The van der Waals surface area contributed by atoms with Crippen molar-refractivity contribution in [3.63, 3.8) is 0 Å². The minimum absolute atomic E-state index is 0.450. The quantitative estimate of drug-likeness (QED) is 0.480. The summed E-state index contributed by atoms with van der Waals surface area (Å²) in [7, 11) is 3.16. The maximum atomic E-state index is 11.8. The van der Waals surface area contributed by atoms with Gasteiger partial charge in [-0.2, -0.15) is 0 Å². The maximum absolute atomic E-state index is 11.8. The van der Waals surface area contributed by atoms with E-state index in [-0.39, 0.29) is 0 Å². The zero-order valence-corrected chi connectivity index (χ0v) is 12.8. The second kappa shape index (κ2) is 7.31. The lowest BCUT2D eigenvalue weighted by molar-refractivity contribution is -0.128. The van der Waals surface area contributed by atoms with Crippen LogP contribution < -0.4 is 14.2 Å². The lowest BCUT2D eigenvalue weighted by atomic mass is 10.1. The highest BCUT2D eigenvalue weighted by molar-refractivity contribution is 5.89. The summed E-state index contributed by atoms with van der Waals surface area (Å²) in [6.45, 7) is 1.97. The number of methoxy groups -OCH3 is 2. The minimum Gasteiger partial charge on any atom is -0.497 e. The zero-order valence-electron chi connectivity index (χ0n) is 12.8. The van der Waals surface area contributed by atoms with Gasteiger partial charge in [-0.3, -0.25) is 0 Å². The molecular formula is C18H18O4. The molecular weight excluding hydrogens is 280 g/mol. The fourth-order valence-electron chi connectivity index (χ4n) is 1.88. The Hall–Kier alpha value is -2.75. The molecule has 2 rings (SSSR count). The van der Waals surface area contributed by atoms with E-state index in [1.54, 1.807) is 50.6 Å². The summed E-state index contributed by atoms with van der Waals surface area (Å²) in [4.78, 5) is 11.8. The Bertz CT molecular complexity index is 672. The van der Waals surface area contributed by atoms with Crippen molar-refractivity contribution < 1.29 is 19.0 Å². The van der Waals surface area contributed by atoms with Crippen LogP contribution in [-0.4, -0.2) is 20.2 Å². The number of esters is 1. The summed E-state index contributed by atoms with van der Waals surface area (Å²) >= 11 is 0. The molecule has 0 aliphatic heterocycles. The van der Waals surface area contributed by atoms with Crippen molar-refractivity contribution in [2.24, 2.45) is 0 Å². The number of hydrogen-bond donors (Lipinski definition) is 0. The van der Waals surface area contributed by atoms with E-state index in [9.17, 15) is 4.79 Å². The fraction of sp³-hybridized carbons (Fsp3) is 0.167. The molecule has 0 unspecified atom stereocenters. The van der Waals surface area contributed by atoms with Crippen LogP contribution in [0.15, 0.2) is 48.5 Å². The van der Waals surface area contributed by atoms with Crippen LogP contribution in [0.3, 0.4) is 0 Å². The third-order valence-corrected chi connectivity index (χ3v) is 3.08. The van der Waals surface area contributed by atoms with Gasteiger partial charge >= 0.3 is 5.97 Å². The summed E-state index contributed by atoms with van der Waals surface area (Å²) in [5.41, 5.74) is 1.85. The molecule has 0 spiro atoms. The molecule has 0 saturated heterocycles. The number of carbonyl (C=O) groups excluding carboxylic acids is 1. The summed E-state index contributed by atoms with van der Waals surface area (Å²) in [6.07, 6.45) is 3.00. The van der Waals surface area contributed by atoms with E-state index in [1.807, 2.05) is 19.1 Å². The van der Waals surface area contributed by atoms with Crippen molar-refractivity contribution in [3.8, 4) is 17.2 Å². The number of benzene rings is 2. The molecule has 0 saturated carbocycles. The summed E-state index contributed by atoms with van der Waals surface area (Å²) in [5, 5.41) is 0. The second-order valence-electron chi connectivity index (χ2n) is 4.68. The normalized spacial score (nSPS) is 10.5. The van der Waals surface area contributed by atoms with Crippen molar-refractivity contribution >= 4 is 12.0 Å². The summed E-state index contributed by atoms with van der Waals surface area (Å²) < 4.78 is 15.6. The number of carbonyl (C=O) groups is 1. The first-order valence-electron chi connectivity index (χ1n) is 6.81. The Balaban J connectivity index is 2.10. The second-order valence-corrected chi connectivity index (χ2v) is 4.68. The van der Waals surface area contributed by atoms with E-state index >= 15 is 0 Å². The van der Waals surface area contributed by atoms with Crippen LogP contribution in [0.4, 0.5) is 0 Å². The molecule has 0 heterocycles. The van der Waals surface area contributed by atoms with Crippen LogP contribution in [0.1, 0.15) is 11.1 Å². The topological polar surface area (TPSA) is 44.8 Å². The molecule has 0 fully saturated rings. The first-order valence-corrected chi connectivity index (χ1v) is 6.81. The van der Waals surface area contributed by atoms with Gasteiger partial charge in [0.05, 0.1) is 14.2 Å². The largest absolute Gasteiger partial charge is 0.497 e. The van der Waals surface area contributed by atoms with Crippen molar-refractivity contribution in [2.45, 2.75) is 6.92 Å². The van der Waals surface area contributed by atoms with Gasteiger partial charge in [0.2, 0.25) is 0 Å². The molecule has 0 aliphatic carbocycles. The minimum atomic E-state index is -0.450. The van der Waals surface area contributed by atoms with Crippen molar-refractivity contribution in [1.29, 1.82) is 0 Å². The Labute approximate surface area is 129 Å². The molecule has 0 radical (unpaired) electrons.